The Labute approximate surface area is 104 Å². The third kappa shape index (κ3) is 2.34. The number of carbonyl (C=O) groups is 2. The highest BCUT2D eigenvalue weighted by Gasteiger charge is 2.36. The van der Waals surface area contributed by atoms with Crippen molar-refractivity contribution < 1.29 is 14.7 Å². The summed E-state index contributed by atoms with van der Waals surface area (Å²) >= 11 is 0. The molecule has 2 unspecified atom stereocenters. The Bertz CT molecular complexity index is 471. The van der Waals surface area contributed by atoms with Crippen molar-refractivity contribution in [3.63, 3.8) is 0 Å². The van der Waals surface area contributed by atoms with Crippen LogP contribution in [0.5, 0.6) is 0 Å². The normalized spacial score (nSPS) is 24.0. The number of hydrogen-bond donors (Lipinski definition) is 2. The zero-order chi connectivity index (χ0) is 13.3. The lowest BCUT2D eigenvalue weighted by molar-refractivity contribution is -0.144. The third-order valence-corrected chi connectivity index (χ3v) is 3.20. The first-order valence-corrected chi connectivity index (χ1v) is 5.92. The number of aromatic amines is 1. The predicted octanol–water partition coefficient (Wildman–Crippen LogP) is 0.438. The van der Waals surface area contributed by atoms with E-state index < -0.39 is 17.9 Å². The summed E-state index contributed by atoms with van der Waals surface area (Å²) in [5, 5.41) is 15.6. The zero-order valence-corrected chi connectivity index (χ0v) is 10.4. The number of nitrogens with one attached hydrogen (secondary N) is 1. The van der Waals surface area contributed by atoms with Crippen molar-refractivity contribution in [2.75, 3.05) is 6.54 Å². The highest BCUT2D eigenvalue weighted by Crippen LogP contribution is 2.23. The standard InChI is InChI=1S/C11H16N4O3/c1-6-3-4-15(8(5-6)11(17)18)10(16)9-12-7(2)13-14-9/h6,8H,3-5H2,1-2H3,(H,17,18)(H,12,13,14). The van der Waals surface area contributed by atoms with Crippen molar-refractivity contribution in [3.05, 3.63) is 11.6 Å². The van der Waals surface area contributed by atoms with Crippen LogP contribution in [-0.4, -0.2) is 49.7 Å². The molecule has 7 nitrogen and oxygen atoms in total. The minimum absolute atomic E-state index is 0.0355. The van der Waals surface area contributed by atoms with Gasteiger partial charge in [0.05, 0.1) is 0 Å². The first-order valence-electron chi connectivity index (χ1n) is 5.92. The van der Waals surface area contributed by atoms with Crippen LogP contribution in [-0.2, 0) is 4.79 Å². The van der Waals surface area contributed by atoms with Crippen molar-refractivity contribution in [1.82, 2.24) is 20.1 Å². The largest absolute Gasteiger partial charge is 0.480 e. The zero-order valence-electron chi connectivity index (χ0n) is 10.4. The van der Waals surface area contributed by atoms with Crippen LogP contribution in [0.1, 0.15) is 36.2 Å². The van der Waals surface area contributed by atoms with E-state index in [4.69, 9.17) is 0 Å². The van der Waals surface area contributed by atoms with Gasteiger partial charge in [0, 0.05) is 6.54 Å². The fraction of sp³-hybridized carbons (Fsp3) is 0.636. The molecule has 1 fully saturated rings. The van der Waals surface area contributed by atoms with E-state index in [1.807, 2.05) is 6.92 Å². The first-order chi connectivity index (χ1) is 8.49. The summed E-state index contributed by atoms with van der Waals surface area (Å²) in [4.78, 5) is 28.7. The number of piperidine rings is 1. The molecule has 0 radical (unpaired) electrons. The topological polar surface area (TPSA) is 99.2 Å². The van der Waals surface area contributed by atoms with Crippen molar-refractivity contribution in [3.8, 4) is 0 Å². The van der Waals surface area contributed by atoms with Crippen molar-refractivity contribution >= 4 is 11.9 Å². The number of nitrogens with zero attached hydrogens (tertiary/aromatic N) is 3. The Hall–Kier alpha value is -1.92. The lowest BCUT2D eigenvalue weighted by atomic mass is 9.92. The van der Waals surface area contributed by atoms with Crippen LogP contribution in [0, 0.1) is 12.8 Å². The van der Waals surface area contributed by atoms with E-state index in [9.17, 15) is 14.7 Å². The second-order valence-electron chi connectivity index (χ2n) is 4.73. The number of hydrogen-bond acceptors (Lipinski definition) is 4. The van der Waals surface area contributed by atoms with Gasteiger partial charge in [0.15, 0.2) is 0 Å². The van der Waals surface area contributed by atoms with Gasteiger partial charge in [0.2, 0.25) is 5.82 Å². The number of aryl methyl sites for hydroxylation is 1. The molecule has 1 aromatic heterocycles. The summed E-state index contributed by atoms with van der Waals surface area (Å²) in [6.07, 6.45) is 1.28. The summed E-state index contributed by atoms with van der Waals surface area (Å²) in [5.41, 5.74) is 0. The van der Waals surface area contributed by atoms with E-state index in [1.54, 1.807) is 6.92 Å². The molecule has 2 heterocycles. The van der Waals surface area contributed by atoms with Crippen molar-refractivity contribution in [2.45, 2.75) is 32.7 Å². The molecule has 7 heteroatoms. The first kappa shape index (κ1) is 12.5. The third-order valence-electron chi connectivity index (χ3n) is 3.20. The number of H-pyrrole nitrogens is 1. The van der Waals surface area contributed by atoms with Crippen LogP contribution >= 0.6 is 0 Å². The molecule has 1 aliphatic heterocycles. The van der Waals surface area contributed by atoms with Gasteiger partial charge in [0.1, 0.15) is 11.9 Å². The Morgan fingerprint density at radius 3 is 2.78 bits per heavy atom. The van der Waals surface area contributed by atoms with Crippen LogP contribution in [0.25, 0.3) is 0 Å². The monoisotopic (exact) mass is 252 g/mol. The number of carboxylic acids is 1. The van der Waals surface area contributed by atoms with Gasteiger partial charge in [-0.05, 0) is 25.7 Å². The molecule has 98 valence electrons. The van der Waals surface area contributed by atoms with E-state index in [0.717, 1.165) is 6.42 Å². The maximum atomic E-state index is 12.2. The second-order valence-corrected chi connectivity index (χ2v) is 4.73. The average molecular weight is 252 g/mol. The van der Waals surface area contributed by atoms with Gasteiger partial charge in [-0.15, -0.1) is 5.10 Å². The molecule has 2 N–H and O–H groups in total. The quantitative estimate of drug-likeness (QED) is 0.795. The lowest BCUT2D eigenvalue weighted by Crippen LogP contribution is -2.50. The smallest absolute Gasteiger partial charge is 0.326 e. The highest BCUT2D eigenvalue weighted by atomic mass is 16.4. The lowest BCUT2D eigenvalue weighted by Gasteiger charge is -2.35. The summed E-state index contributed by atoms with van der Waals surface area (Å²) in [7, 11) is 0. The molecule has 0 bridgehead atoms. The molecule has 0 aromatic carbocycles. The SMILES string of the molecule is Cc1nc(C(=O)N2CCC(C)CC2C(=O)O)n[nH]1. The summed E-state index contributed by atoms with van der Waals surface area (Å²) in [6, 6.07) is -0.778. The molecule has 1 amide bonds. The summed E-state index contributed by atoms with van der Waals surface area (Å²) < 4.78 is 0. The molecule has 0 spiro atoms. The van der Waals surface area contributed by atoms with Crippen molar-refractivity contribution in [1.29, 1.82) is 0 Å². The molecular formula is C11H16N4O3. The predicted molar refractivity (Wildman–Crippen MR) is 62.0 cm³/mol. The number of rotatable bonds is 2. The maximum Gasteiger partial charge on any atom is 0.326 e. The van der Waals surface area contributed by atoms with E-state index in [-0.39, 0.29) is 5.82 Å². The Morgan fingerprint density at radius 1 is 1.50 bits per heavy atom. The number of carboxylic acid groups (broad SMARTS) is 1. The Morgan fingerprint density at radius 2 is 2.22 bits per heavy atom. The molecule has 2 atom stereocenters. The van der Waals surface area contributed by atoms with Crippen LogP contribution in [0.15, 0.2) is 0 Å². The van der Waals surface area contributed by atoms with Gasteiger partial charge in [-0.3, -0.25) is 9.89 Å². The van der Waals surface area contributed by atoms with Crippen LogP contribution in [0.3, 0.4) is 0 Å². The van der Waals surface area contributed by atoms with Gasteiger partial charge >= 0.3 is 5.97 Å². The number of aliphatic carboxylic acids is 1. The number of aromatic nitrogens is 3. The number of amides is 1. The highest BCUT2D eigenvalue weighted by molar-refractivity contribution is 5.93. The Balaban J connectivity index is 2.20. The van der Waals surface area contributed by atoms with Crippen LogP contribution in [0.4, 0.5) is 0 Å². The van der Waals surface area contributed by atoms with Gasteiger partial charge in [-0.25, -0.2) is 9.78 Å². The molecule has 0 saturated carbocycles. The molecule has 0 aliphatic carbocycles. The number of likely N-dealkylation sites (tertiary alicyclic amines) is 1. The van der Waals surface area contributed by atoms with Gasteiger partial charge in [0.25, 0.3) is 5.91 Å². The molecular weight excluding hydrogens is 236 g/mol. The Kier molecular flexibility index (Phi) is 3.31. The summed E-state index contributed by atoms with van der Waals surface area (Å²) in [6.45, 7) is 4.12. The maximum absolute atomic E-state index is 12.2. The van der Waals surface area contributed by atoms with Crippen LogP contribution < -0.4 is 0 Å². The molecule has 18 heavy (non-hydrogen) atoms. The van der Waals surface area contributed by atoms with Crippen LogP contribution in [0.2, 0.25) is 0 Å². The van der Waals surface area contributed by atoms with E-state index in [1.165, 1.54) is 4.90 Å². The van der Waals surface area contributed by atoms with Crippen molar-refractivity contribution in [2.24, 2.45) is 5.92 Å². The minimum atomic E-state index is -0.970. The van der Waals surface area contributed by atoms with Gasteiger partial charge in [-0.1, -0.05) is 6.92 Å². The fourth-order valence-electron chi connectivity index (χ4n) is 2.19. The van der Waals surface area contributed by atoms with Gasteiger partial charge < -0.3 is 10.0 Å². The fourth-order valence-corrected chi connectivity index (χ4v) is 2.19. The average Bonchev–Trinajstić information content (AvgIpc) is 2.75. The molecule has 1 saturated heterocycles. The molecule has 1 aromatic rings. The van der Waals surface area contributed by atoms with E-state index in [2.05, 4.69) is 15.2 Å². The van der Waals surface area contributed by atoms with E-state index in [0.29, 0.717) is 24.7 Å². The van der Waals surface area contributed by atoms with E-state index >= 15 is 0 Å². The summed E-state index contributed by atoms with van der Waals surface area (Å²) in [5.74, 6) is -0.506. The van der Waals surface area contributed by atoms with Gasteiger partial charge in [-0.2, -0.15) is 0 Å². The second kappa shape index (κ2) is 4.75. The number of carbonyl (C=O) groups excluding carboxylic acids is 1. The minimum Gasteiger partial charge on any atom is -0.480 e. The molecule has 2 rings (SSSR count). The molecule has 1 aliphatic rings.